The summed E-state index contributed by atoms with van der Waals surface area (Å²) in [5, 5.41) is 3.02. The van der Waals surface area contributed by atoms with E-state index in [1.165, 1.54) is 32.2 Å². The fourth-order valence-corrected chi connectivity index (χ4v) is 2.21. The maximum atomic E-state index is 12.4. The second kappa shape index (κ2) is 8.30. The minimum atomic E-state index is -0.580. The van der Waals surface area contributed by atoms with E-state index in [2.05, 4.69) is 5.32 Å². The molecule has 0 saturated heterocycles. The van der Waals surface area contributed by atoms with Crippen molar-refractivity contribution in [3.8, 4) is 0 Å². The highest BCUT2D eigenvalue weighted by Crippen LogP contribution is 2.22. The number of ether oxygens (including phenoxy) is 2. The Morgan fingerprint density at radius 3 is 2.36 bits per heavy atom. The number of nitrogens with one attached hydrogen (secondary N) is 1. The molecule has 0 heterocycles. The molecule has 0 atom stereocenters. The number of benzene rings is 2. The standard InChI is InChI=1S/C18H16ClNO5/c1-11(21)25-10-12-3-5-13(6-4-12)17(22)20-16-9-14(19)7-8-15(16)18(23)24-2/h3-9H,10H2,1-2H3,(H,20,22). The topological polar surface area (TPSA) is 81.7 Å². The number of esters is 2. The number of carbonyl (C=O) groups is 3. The first kappa shape index (κ1) is 18.5. The molecule has 1 amide bonds. The van der Waals surface area contributed by atoms with Crippen LogP contribution >= 0.6 is 11.6 Å². The summed E-state index contributed by atoms with van der Waals surface area (Å²) in [7, 11) is 1.25. The molecule has 2 aromatic rings. The van der Waals surface area contributed by atoms with Gasteiger partial charge in [-0.15, -0.1) is 0 Å². The quantitative estimate of drug-likeness (QED) is 0.825. The Bertz CT molecular complexity index is 802. The van der Waals surface area contributed by atoms with Gasteiger partial charge >= 0.3 is 11.9 Å². The Morgan fingerprint density at radius 1 is 1.08 bits per heavy atom. The average molecular weight is 362 g/mol. The highest BCUT2D eigenvalue weighted by Gasteiger charge is 2.15. The van der Waals surface area contributed by atoms with E-state index in [-0.39, 0.29) is 23.8 Å². The van der Waals surface area contributed by atoms with Crippen molar-refractivity contribution in [2.24, 2.45) is 0 Å². The van der Waals surface area contributed by atoms with Crippen LogP contribution in [0.2, 0.25) is 5.02 Å². The zero-order valence-electron chi connectivity index (χ0n) is 13.7. The van der Waals surface area contributed by atoms with Crippen LogP contribution in [0.3, 0.4) is 0 Å². The zero-order chi connectivity index (χ0) is 18.4. The first-order chi connectivity index (χ1) is 11.9. The van der Waals surface area contributed by atoms with Crippen LogP contribution in [0.1, 0.15) is 33.2 Å². The van der Waals surface area contributed by atoms with Crippen molar-refractivity contribution in [1.29, 1.82) is 0 Å². The SMILES string of the molecule is COC(=O)c1ccc(Cl)cc1NC(=O)c1ccc(COC(C)=O)cc1. The number of amides is 1. The van der Waals surface area contributed by atoms with Crippen LogP contribution < -0.4 is 5.32 Å². The summed E-state index contributed by atoms with van der Waals surface area (Å²) in [5.41, 5.74) is 1.59. The molecule has 0 aromatic heterocycles. The first-order valence-electron chi connectivity index (χ1n) is 7.32. The number of hydrogen-bond donors (Lipinski definition) is 1. The number of halogens is 1. The van der Waals surface area contributed by atoms with Gasteiger partial charge in [-0.25, -0.2) is 4.79 Å². The van der Waals surface area contributed by atoms with Gasteiger partial charge in [0.2, 0.25) is 0 Å². The molecular weight excluding hydrogens is 346 g/mol. The molecule has 2 aromatic carbocycles. The van der Waals surface area contributed by atoms with Gasteiger partial charge in [-0.3, -0.25) is 9.59 Å². The maximum Gasteiger partial charge on any atom is 0.339 e. The van der Waals surface area contributed by atoms with Crippen molar-refractivity contribution in [3.63, 3.8) is 0 Å². The van der Waals surface area contributed by atoms with Crippen molar-refractivity contribution in [2.45, 2.75) is 13.5 Å². The molecule has 2 rings (SSSR count). The van der Waals surface area contributed by atoms with Crippen LogP contribution in [0.4, 0.5) is 5.69 Å². The molecule has 0 spiro atoms. The molecule has 25 heavy (non-hydrogen) atoms. The van der Waals surface area contributed by atoms with Crippen LogP contribution in [0.25, 0.3) is 0 Å². The number of carbonyl (C=O) groups excluding carboxylic acids is 3. The molecule has 0 saturated carbocycles. The molecule has 0 unspecified atom stereocenters. The van der Waals surface area contributed by atoms with E-state index in [4.69, 9.17) is 21.1 Å². The van der Waals surface area contributed by atoms with E-state index in [9.17, 15) is 14.4 Å². The van der Waals surface area contributed by atoms with Gasteiger partial charge in [0.25, 0.3) is 5.91 Å². The molecule has 6 nitrogen and oxygen atoms in total. The highest BCUT2D eigenvalue weighted by molar-refractivity contribution is 6.31. The van der Waals surface area contributed by atoms with Crippen molar-refractivity contribution in [1.82, 2.24) is 0 Å². The summed E-state index contributed by atoms with van der Waals surface area (Å²) in [6, 6.07) is 11.0. The summed E-state index contributed by atoms with van der Waals surface area (Å²) in [6.45, 7) is 1.46. The van der Waals surface area contributed by atoms with Crippen LogP contribution in [-0.2, 0) is 20.9 Å². The molecule has 0 aliphatic heterocycles. The third-order valence-corrected chi connectivity index (χ3v) is 3.53. The number of anilines is 1. The maximum absolute atomic E-state index is 12.4. The predicted octanol–water partition coefficient (Wildman–Crippen LogP) is 3.44. The predicted molar refractivity (Wildman–Crippen MR) is 92.7 cm³/mol. The smallest absolute Gasteiger partial charge is 0.339 e. The first-order valence-corrected chi connectivity index (χ1v) is 7.70. The Balaban J connectivity index is 2.15. The summed E-state index contributed by atoms with van der Waals surface area (Å²) >= 11 is 5.93. The largest absolute Gasteiger partial charge is 0.465 e. The van der Waals surface area contributed by atoms with Gasteiger partial charge in [0.05, 0.1) is 18.4 Å². The van der Waals surface area contributed by atoms with E-state index < -0.39 is 11.9 Å². The lowest BCUT2D eigenvalue weighted by Gasteiger charge is -2.11. The fraction of sp³-hybridized carbons (Fsp3) is 0.167. The fourth-order valence-electron chi connectivity index (χ4n) is 2.04. The average Bonchev–Trinajstić information content (AvgIpc) is 2.60. The molecule has 0 bridgehead atoms. The van der Waals surface area contributed by atoms with Gasteiger partial charge in [-0.05, 0) is 35.9 Å². The van der Waals surface area contributed by atoms with Gasteiger partial charge in [-0.2, -0.15) is 0 Å². The van der Waals surface area contributed by atoms with Crippen molar-refractivity contribution in [2.75, 3.05) is 12.4 Å². The normalized spacial score (nSPS) is 10.0. The number of rotatable bonds is 5. The second-order valence-electron chi connectivity index (χ2n) is 5.11. The zero-order valence-corrected chi connectivity index (χ0v) is 14.4. The van der Waals surface area contributed by atoms with Crippen LogP contribution in [0, 0.1) is 0 Å². The summed E-state index contributed by atoms with van der Waals surface area (Å²) < 4.78 is 9.58. The van der Waals surface area contributed by atoms with E-state index in [1.807, 2.05) is 0 Å². The van der Waals surface area contributed by atoms with Crippen LogP contribution in [-0.4, -0.2) is 25.0 Å². The molecular formula is C18H16ClNO5. The van der Waals surface area contributed by atoms with E-state index in [1.54, 1.807) is 24.3 Å². The molecule has 0 aliphatic carbocycles. The Kier molecular flexibility index (Phi) is 6.14. The summed E-state index contributed by atoms with van der Waals surface area (Å²) in [6.07, 6.45) is 0. The van der Waals surface area contributed by atoms with Gasteiger partial charge < -0.3 is 14.8 Å². The summed E-state index contributed by atoms with van der Waals surface area (Å²) in [5.74, 6) is -1.37. The van der Waals surface area contributed by atoms with Gasteiger partial charge in [0.1, 0.15) is 6.61 Å². The van der Waals surface area contributed by atoms with Gasteiger partial charge in [0, 0.05) is 17.5 Å². The third kappa shape index (κ3) is 5.06. The van der Waals surface area contributed by atoms with Crippen molar-refractivity contribution in [3.05, 3.63) is 64.2 Å². The van der Waals surface area contributed by atoms with Crippen molar-refractivity contribution >= 4 is 35.1 Å². The minimum absolute atomic E-state index is 0.137. The lowest BCUT2D eigenvalue weighted by atomic mass is 10.1. The van der Waals surface area contributed by atoms with Crippen molar-refractivity contribution < 1.29 is 23.9 Å². The van der Waals surface area contributed by atoms with E-state index >= 15 is 0 Å². The van der Waals surface area contributed by atoms with Gasteiger partial charge in [0.15, 0.2) is 0 Å². The van der Waals surface area contributed by atoms with E-state index in [0.29, 0.717) is 10.6 Å². The highest BCUT2D eigenvalue weighted by atomic mass is 35.5. The van der Waals surface area contributed by atoms with Crippen LogP contribution in [0.5, 0.6) is 0 Å². The third-order valence-electron chi connectivity index (χ3n) is 3.29. The molecule has 130 valence electrons. The Hall–Kier alpha value is -2.86. The molecule has 7 heteroatoms. The molecule has 1 N–H and O–H groups in total. The summed E-state index contributed by atoms with van der Waals surface area (Å²) in [4.78, 5) is 35.0. The lowest BCUT2D eigenvalue weighted by Crippen LogP contribution is -2.15. The molecule has 0 radical (unpaired) electrons. The Labute approximate surface area is 149 Å². The lowest BCUT2D eigenvalue weighted by molar-refractivity contribution is -0.142. The molecule has 0 aliphatic rings. The minimum Gasteiger partial charge on any atom is -0.465 e. The van der Waals surface area contributed by atoms with Crippen LogP contribution in [0.15, 0.2) is 42.5 Å². The van der Waals surface area contributed by atoms with Gasteiger partial charge in [-0.1, -0.05) is 23.7 Å². The number of hydrogen-bond acceptors (Lipinski definition) is 5. The molecule has 0 fully saturated rings. The number of methoxy groups -OCH3 is 1. The monoisotopic (exact) mass is 361 g/mol. The second-order valence-corrected chi connectivity index (χ2v) is 5.55. The Morgan fingerprint density at radius 2 is 1.76 bits per heavy atom. The van der Waals surface area contributed by atoms with E-state index in [0.717, 1.165) is 5.56 Å².